The Balaban J connectivity index is 1.69. The van der Waals surface area contributed by atoms with Crippen LogP contribution in [0.5, 0.6) is 5.75 Å². The lowest BCUT2D eigenvalue weighted by molar-refractivity contribution is -0.385. The molecule has 0 saturated heterocycles. The summed E-state index contributed by atoms with van der Waals surface area (Å²) in [6, 6.07) is 7.27. The standard InChI is InChI=1S/C28H26N2O6S/c1-4-35-28(32)25-20(17-10-9-15(2)11-16(17)3)14-37-27(25)29-13-19-24-18-7-5-6-8-22(18)36-23(24)12-21(26(19)31)30(33)34/h9-14,31H,4-8H2,1-3H3. The fourth-order valence-electron chi connectivity index (χ4n) is 4.98. The molecule has 0 saturated carbocycles. The lowest BCUT2D eigenvalue weighted by Crippen LogP contribution is -2.05. The number of aromatic hydroxyl groups is 1. The molecule has 1 N–H and O–H groups in total. The number of nitro benzene ring substituents is 1. The molecule has 5 rings (SSSR count). The SMILES string of the molecule is CCOC(=O)c1c(-c2ccc(C)cc2C)csc1N=Cc1c(O)c([N+](=O)[O-])cc2oc3c(c12)CCCC3. The number of hydrogen-bond acceptors (Lipinski definition) is 8. The maximum Gasteiger partial charge on any atom is 0.341 e. The Bertz CT molecular complexity index is 1580. The molecular formula is C28H26N2O6S. The monoisotopic (exact) mass is 518 g/mol. The Hall–Kier alpha value is -3.98. The molecule has 0 bridgehead atoms. The number of aryl methyl sites for hydroxylation is 4. The van der Waals surface area contributed by atoms with E-state index in [1.165, 1.54) is 23.6 Å². The van der Waals surface area contributed by atoms with Crippen molar-refractivity contribution in [1.82, 2.24) is 0 Å². The second kappa shape index (κ2) is 9.82. The largest absolute Gasteiger partial charge is 0.502 e. The third kappa shape index (κ3) is 4.40. The molecule has 2 aromatic heterocycles. The van der Waals surface area contributed by atoms with Gasteiger partial charge in [-0.3, -0.25) is 10.1 Å². The number of thiophene rings is 1. The summed E-state index contributed by atoms with van der Waals surface area (Å²) in [5.41, 5.74) is 5.12. The summed E-state index contributed by atoms with van der Waals surface area (Å²) in [4.78, 5) is 28.7. The molecule has 4 aromatic rings. The minimum absolute atomic E-state index is 0.206. The molecular weight excluding hydrogens is 492 g/mol. The van der Waals surface area contributed by atoms with Crippen LogP contribution in [-0.2, 0) is 17.6 Å². The highest BCUT2D eigenvalue weighted by atomic mass is 32.1. The fourth-order valence-corrected chi connectivity index (χ4v) is 5.88. The number of nitro groups is 1. The maximum absolute atomic E-state index is 13.0. The van der Waals surface area contributed by atoms with E-state index in [0.29, 0.717) is 27.1 Å². The van der Waals surface area contributed by atoms with Gasteiger partial charge in [-0.15, -0.1) is 11.3 Å². The number of hydrogen-bond donors (Lipinski definition) is 1. The highest BCUT2D eigenvalue weighted by molar-refractivity contribution is 7.14. The van der Waals surface area contributed by atoms with Gasteiger partial charge in [0.2, 0.25) is 5.75 Å². The molecule has 0 aliphatic heterocycles. The van der Waals surface area contributed by atoms with Crippen molar-refractivity contribution < 1.29 is 24.0 Å². The molecule has 1 aliphatic rings. The molecule has 0 radical (unpaired) electrons. The first-order chi connectivity index (χ1) is 17.8. The van der Waals surface area contributed by atoms with E-state index in [1.54, 1.807) is 6.92 Å². The summed E-state index contributed by atoms with van der Waals surface area (Å²) in [6.07, 6.45) is 4.84. The zero-order chi connectivity index (χ0) is 26.3. The normalized spacial score (nSPS) is 13.3. The van der Waals surface area contributed by atoms with Crippen molar-refractivity contribution in [2.24, 2.45) is 4.99 Å². The number of phenolic OH excluding ortho intramolecular Hbond substituents is 1. The molecule has 37 heavy (non-hydrogen) atoms. The predicted octanol–water partition coefficient (Wildman–Crippen LogP) is 7.20. The van der Waals surface area contributed by atoms with Gasteiger partial charge in [0, 0.05) is 34.5 Å². The number of aliphatic imine (C=N–C) groups is 1. The average molecular weight is 519 g/mol. The molecule has 2 aromatic carbocycles. The molecule has 1 aliphatic carbocycles. The van der Waals surface area contributed by atoms with Crippen LogP contribution in [0.25, 0.3) is 22.1 Å². The van der Waals surface area contributed by atoms with Gasteiger partial charge >= 0.3 is 11.7 Å². The molecule has 190 valence electrons. The first kappa shape index (κ1) is 24.7. The third-order valence-corrected chi connectivity index (χ3v) is 7.55. The maximum atomic E-state index is 13.0. The number of carbonyl (C=O) groups excluding carboxylic acids is 1. The van der Waals surface area contributed by atoms with Crippen LogP contribution in [0, 0.1) is 24.0 Å². The molecule has 2 heterocycles. The number of carbonyl (C=O) groups is 1. The van der Waals surface area contributed by atoms with Crippen molar-refractivity contribution in [2.75, 3.05) is 6.61 Å². The number of benzene rings is 2. The highest BCUT2D eigenvalue weighted by Gasteiger charge is 2.28. The minimum atomic E-state index is -0.638. The molecule has 0 amide bonds. The Morgan fingerprint density at radius 2 is 2.03 bits per heavy atom. The Morgan fingerprint density at radius 1 is 1.24 bits per heavy atom. The van der Waals surface area contributed by atoms with Crippen LogP contribution in [0.3, 0.4) is 0 Å². The number of esters is 1. The Morgan fingerprint density at radius 3 is 2.76 bits per heavy atom. The van der Waals surface area contributed by atoms with Gasteiger partial charge in [-0.1, -0.05) is 23.8 Å². The quantitative estimate of drug-likeness (QED) is 0.125. The van der Waals surface area contributed by atoms with Gasteiger partial charge < -0.3 is 14.3 Å². The van der Waals surface area contributed by atoms with Crippen LogP contribution < -0.4 is 0 Å². The van der Waals surface area contributed by atoms with Crippen molar-refractivity contribution in [2.45, 2.75) is 46.5 Å². The zero-order valence-electron chi connectivity index (χ0n) is 20.8. The molecule has 0 fully saturated rings. The van der Waals surface area contributed by atoms with Crippen LogP contribution in [0.2, 0.25) is 0 Å². The topological polar surface area (TPSA) is 115 Å². The Labute approximate surface area is 217 Å². The first-order valence-corrected chi connectivity index (χ1v) is 13.0. The zero-order valence-corrected chi connectivity index (χ0v) is 21.6. The van der Waals surface area contributed by atoms with E-state index < -0.39 is 22.3 Å². The second-order valence-corrected chi connectivity index (χ2v) is 9.98. The molecule has 0 spiro atoms. The van der Waals surface area contributed by atoms with Crippen LogP contribution in [-0.4, -0.2) is 28.8 Å². The smallest absolute Gasteiger partial charge is 0.341 e. The fraction of sp³-hybridized carbons (Fsp3) is 0.286. The van der Waals surface area contributed by atoms with Gasteiger partial charge in [-0.2, -0.15) is 0 Å². The van der Waals surface area contributed by atoms with Gasteiger partial charge in [0.25, 0.3) is 0 Å². The van der Waals surface area contributed by atoms with Gasteiger partial charge in [0.15, 0.2) is 0 Å². The van der Waals surface area contributed by atoms with Crippen LogP contribution in [0.1, 0.15) is 58.1 Å². The molecule has 9 heteroatoms. The van der Waals surface area contributed by atoms with Gasteiger partial charge in [-0.25, -0.2) is 9.79 Å². The van der Waals surface area contributed by atoms with Crippen molar-refractivity contribution >= 4 is 45.2 Å². The third-order valence-electron chi connectivity index (χ3n) is 6.66. The lowest BCUT2D eigenvalue weighted by Gasteiger charge is -2.10. The number of ether oxygens (including phenoxy) is 1. The summed E-state index contributed by atoms with van der Waals surface area (Å²) >= 11 is 1.27. The van der Waals surface area contributed by atoms with Gasteiger partial charge in [0.05, 0.1) is 23.2 Å². The summed E-state index contributed by atoms with van der Waals surface area (Å²) in [5, 5.41) is 25.5. The number of fused-ring (bicyclic) bond motifs is 3. The summed E-state index contributed by atoms with van der Waals surface area (Å²) < 4.78 is 11.3. The van der Waals surface area contributed by atoms with E-state index in [2.05, 4.69) is 4.99 Å². The highest BCUT2D eigenvalue weighted by Crippen LogP contribution is 2.43. The lowest BCUT2D eigenvalue weighted by atomic mass is 9.93. The van der Waals surface area contributed by atoms with Crippen molar-refractivity contribution in [3.63, 3.8) is 0 Å². The number of furan rings is 1. The Kier molecular flexibility index (Phi) is 6.55. The van der Waals surface area contributed by atoms with E-state index in [9.17, 15) is 20.0 Å². The molecule has 0 unspecified atom stereocenters. The van der Waals surface area contributed by atoms with Crippen molar-refractivity contribution in [3.8, 4) is 16.9 Å². The van der Waals surface area contributed by atoms with E-state index in [4.69, 9.17) is 9.15 Å². The van der Waals surface area contributed by atoms with Crippen molar-refractivity contribution in [1.29, 1.82) is 0 Å². The molecule has 8 nitrogen and oxygen atoms in total. The summed E-state index contributed by atoms with van der Waals surface area (Å²) in [6.45, 7) is 5.94. The summed E-state index contributed by atoms with van der Waals surface area (Å²) in [7, 11) is 0. The van der Waals surface area contributed by atoms with Crippen LogP contribution in [0.4, 0.5) is 10.7 Å². The number of nitrogens with zero attached hydrogens (tertiary/aromatic N) is 2. The van der Waals surface area contributed by atoms with E-state index in [0.717, 1.165) is 53.7 Å². The van der Waals surface area contributed by atoms with E-state index in [1.807, 2.05) is 37.4 Å². The molecule has 0 atom stereocenters. The van der Waals surface area contributed by atoms with Crippen LogP contribution in [0.15, 0.2) is 39.1 Å². The average Bonchev–Trinajstić information content (AvgIpc) is 3.44. The number of phenols is 1. The van der Waals surface area contributed by atoms with E-state index in [-0.39, 0.29) is 12.2 Å². The summed E-state index contributed by atoms with van der Waals surface area (Å²) in [5.74, 6) is -0.185. The van der Waals surface area contributed by atoms with Gasteiger partial charge in [-0.05, 0) is 51.2 Å². The predicted molar refractivity (Wildman–Crippen MR) is 144 cm³/mol. The van der Waals surface area contributed by atoms with Crippen molar-refractivity contribution in [3.05, 3.63) is 73.3 Å². The van der Waals surface area contributed by atoms with Crippen LogP contribution >= 0.6 is 11.3 Å². The van der Waals surface area contributed by atoms with Gasteiger partial charge in [0.1, 0.15) is 21.9 Å². The minimum Gasteiger partial charge on any atom is -0.502 e. The number of rotatable bonds is 6. The van der Waals surface area contributed by atoms with E-state index >= 15 is 0 Å². The first-order valence-electron chi connectivity index (χ1n) is 12.1. The second-order valence-electron chi connectivity index (χ2n) is 9.13.